The molecule has 1 heterocycles. The monoisotopic (exact) mass is 442 g/mol. The van der Waals surface area contributed by atoms with Gasteiger partial charge in [-0.1, -0.05) is 11.8 Å². The second-order valence-corrected chi connectivity index (χ2v) is 6.65. The molecule has 25 heavy (non-hydrogen) atoms. The van der Waals surface area contributed by atoms with Crippen molar-refractivity contribution in [2.45, 2.75) is 11.1 Å². The molecule has 5 nitrogen and oxygen atoms in total. The summed E-state index contributed by atoms with van der Waals surface area (Å²) in [5, 5.41) is 0. The Hall–Kier alpha value is -1.59. The number of aromatic nitrogens is 2. The molecule has 0 saturated carbocycles. The van der Waals surface area contributed by atoms with Crippen LogP contribution in [0.5, 0.6) is 0 Å². The first-order valence-electron chi connectivity index (χ1n) is 6.59. The van der Waals surface area contributed by atoms with Gasteiger partial charge in [0.2, 0.25) is 0 Å². The van der Waals surface area contributed by atoms with Crippen molar-refractivity contribution in [3.63, 3.8) is 0 Å². The van der Waals surface area contributed by atoms with Crippen LogP contribution in [0.15, 0.2) is 37.2 Å². The topological polar surface area (TPSA) is 53.2 Å². The first kappa shape index (κ1) is 19.7. The Morgan fingerprint density at radius 1 is 1.24 bits per heavy atom. The molecule has 0 aliphatic carbocycles. The average molecular weight is 443 g/mol. The van der Waals surface area contributed by atoms with Crippen LogP contribution in [0.2, 0.25) is 0 Å². The minimum absolute atomic E-state index is 0.212. The van der Waals surface area contributed by atoms with E-state index in [1.54, 1.807) is 0 Å². The van der Waals surface area contributed by atoms with Crippen molar-refractivity contribution in [3.05, 3.63) is 55.0 Å². The predicted molar refractivity (Wildman–Crippen MR) is 87.7 cm³/mol. The highest BCUT2D eigenvalue weighted by molar-refractivity contribution is 9.10. The van der Waals surface area contributed by atoms with Crippen LogP contribution in [0.25, 0.3) is 5.69 Å². The molecule has 0 amide bonds. The van der Waals surface area contributed by atoms with Crippen molar-refractivity contribution < 1.29 is 22.3 Å². The summed E-state index contributed by atoms with van der Waals surface area (Å²) in [6.07, 6.45) is -4.89. The van der Waals surface area contributed by atoms with E-state index in [1.807, 2.05) is 0 Å². The van der Waals surface area contributed by atoms with Crippen LogP contribution in [0, 0.1) is 5.82 Å². The van der Waals surface area contributed by atoms with Crippen molar-refractivity contribution in [1.29, 1.82) is 0 Å². The van der Waals surface area contributed by atoms with Crippen LogP contribution in [-0.2, 0) is 18.0 Å². The Bertz CT molecular complexity index is 924. The Labute approximate surface area is 151 Å². The Kier molecular flexibility index (Phi) is 5.79. The number of hydrogen-bond donors (Lipinski definition) is 0. The third kappa shape index (κ3) is 3.98. The molecule has 0 bridgehead atoms. The third-order valence-electron chi connectivity index (χ3n) is 3.19. The summed E-state index contributed by atoms with van der Waals surface area (Å²) in [6.45, 7) is 0. The lowest BCUT2D eigenvalue weighted by Gasteiger charge is -2.15. The molecule has 0 radical (unpaired) electrons. The zero-order chi connectivity index (χ0) is 18.9. The highest BCUT2D eigenvalue weighted by Crippen LogP contribution is 2.31. The van der Waals surface area contributed by atoms with Crippen LogP contribution in [0.3, 0.4) is 0 Å². The van der Waals surface area contributed by atoms with Gasteiger partial charge in [-0.25, -0.2) is 13.8 Å². The molecule has 0 N–H and O–H groups in total. The standard InChI is InChI=1S/C14H11BrF4N2O3S/c1-20-11(14(17,18)19)5-12(22)21(13(20)23)9-4-10(25-6-24-2)7(15)3-8(9)16/h3-5H,6H2,1-2H3. The maximum Gasteiger partial charge on any atom is 0.431 e. The van der Waals surface area contributed by atoms with Gasteiger partial charge in [0, 0.05) is 29.6 Å². The first-order chi connectivity index (χ1) is 11.6. The molecule has 0 atom stereocenters. The quantitative estimate of drug-likeness (QED) is 0.414. The molecule has 1 aromatic carbocycles. The number of halogens is 5. The normalized spacial score (nSPS) is 11.8. The van der Waals surface area contributed by atoms with E-state index in [4.69, 9.17) is 4.74 Å². The van der Waals surface area contributed by atoms with Gasteiger partial charge in [-0.15, -0.1) is 0 Å². The molecular formula is C14H11BrF4N2O3S. The third-order valence-corrected chi connectivity index (χ3v) is 5.11. The second-order valence-electron chi connectivity index (χ2n) is 4.83. The maximum atomic E-state index is 14.3. The van der Waals surface area contributed by atoms with E-state index in [1.165, 1.54) is 13.2 Å². The largest absolute Gasteiger partial charge is 0.431 e. The van der Waals surface area contributed by atoms with Crippen molar-refractivity contribution in [1.82, 2.24) is 9.13 Å². The zero-order valence-corrected chi connectivity index (χ0v) is 15.3. The Morgan fingerprint density at radius 3 is 2.44 bits per heavy atom. The van der Waals surface area contributed by atoms with Gasteiger partial charge in [-0.05, 0) is 28.1 Å². The number of rotatable bonds is 4. The van der Waals surface area contributed by atoms with Crippen molar-refractivity contribution in [3.8, 4) is 5.69 Å². The van der Waals surface area contributed by atoms with Gasteiger partial charge in [-0.2, -0.15) is 13.2 Å². The molecule has 11 heteroatoms. The van der Waals surface area contributed by atoms with E-state index in [0.29, 0.717) is 13.9 Å². The molecule has 0 spiro atoms. The number of hydrogen-bond acceptors (Lipinski definition) is 4. The van der Waals surface area contributed by atoms with E-state index in [9.17, 15) is 27.2 Å². The summed E-state index contributed by atoms with van der Waals surface area (Å²) in [5.74, 6) is -0.726. The SMILES string of the molecule is COCSc1cc(-n2c(=O)cc(C(F)(F)F)n(C)c2=O)c(F)cc1Br. The van der Waals surface area contributed by atoms with Gasteiger partial charge in [0.1, 0.15) is 11.5 Å². The van der Waals surface area contributed by atoms with E-state index in [0.717, 1.165) is 24.9 Å². The zero-order valence-electron chi connectivity index (χ0n) is 12.9. The number of ether oxygens (including phenoxy) is 1. The summed E-state index contributed by atoms with van der Waals surface area (Å²) in [5.41, 5.74) is -4.44. The van der Waals surface area contributed by atoms with E-state index in [-0.39, 0.29) is 16.6 Å². The smallest absolute Gasteiger partial charge is 0.374 e. The van der Waals surface area contributed by atoms with Crippen LogP contribution < -0.4 is 11.2 Å². The Balaban J connectivity index is 2.73. The van der Waals surface area contributed by atoms with Crippen LogP contribution in [0.4, 0.5) is 17.6 Å². The summed E-state index contributed by atoms with van der Waals surface area (Å²) in [4.78, 5) is 24.7. The number of alkyl halides is 3. The van der Waals surface area contributed by atoms with Crippen molar-refractivity contribution in [2.75, 3.05) is 13.0 Å². The average Bonchev–Trinajstić information content (AvgIpc) is 2.50. The van der Waals surface area contributed by atoms with Gasteiger partial charge >= 0.3 is 11.9 Å². The lowest BCUT2D eigenvalue weighted by atomic mass is 10.3. The lowest BCUT2D eigenvalue weighted by molar-refractivity contribution is -0.144. The van der Waals surface area contributed by atoms with E-state index < -0.39 is 34.6 Å². The fourth-order valence-corrected chi connectivity index (χ4v) is 3.34. The van der Waals surface area contributed by atoms with E-state index >= 15 is 0 Å². The maximum absolute atomic E-state index is 14.3. The first-order valence-corrected chi connectivity index (χ1v) is 8.37. The van der Waals surface area contributed by atoms with Gasteiger partial charge in [0.15, 0.2) is 0 Å². The highest BCUT2D eigenvalue weighted by Gasteiger charge is 2.35. The number of nitrogens with zero attached hydrogens (tertiary/aromatic N) is 2. The molecular weight excluding hydrogens is 432 g/mol. The van der Waals surface area contributed by atoms with Gasteiger partial charge in [0.05, 0.1) is 11.6 Å². The summed E-state index contributed by atoms with van der Waals surface area (Å²) >= 11 is 4.29. The second kappa shape index (κ2) is 7.34. The molecule has 0 aliphatic rings. The minimum Gasteiger partial charge on any atom is -0.374 e. The Morgan fingerprint density at radius 2 is 1.88 bits per heavy atom. The number of methoxy groups -OCH3 is 1. The van der Waals surface area contributed by atoms with Crippen LogP contribution in [-0.4, -0.2) is 22.2 Å². The van der Waals surface area contributed by atoms with Crippen molar-refractivity contribution >= 4 is 27.7 Å². The molecule has 0 aliphatic heterocycles. The molecule has 1 aromatic heterocycles. The molecule has 0 fully saturated rings. The summed E-state index contributed by atoms with van der Waals surface area (Å²) in [7, 11) is 2.31. The highest BCUT2D eigenvalue weighted by atomic mass is 79.9. The lowest BCUT2D eigenvalue weighted by Crippen LogP contribution is -2.41. The number of benzene rings is 1. The summed E-state index contributed by atoms with van der Waals surface area (Å²) in [6, 6.07) is 2.47. The van der Waals surface area contributed by atoms with Crippen LogP contribution in [0.1, 0.15) is 5.69 Å². The molecule has 0 saturated heterocycles. The molecule has 2 rings (SSSR count). The fourth-order valence-electron chi connectivity index (χ4n) is 2.04. The molecule has 136 valence electrons. The number of thioether (sulfide) groups is 1. The van der Waals surface area contributed by atoms with E-state index in [2.05, 4.69) is 15.9 Å². The summed E-state index contributed by atoms with van der Waals surface area (Å²) < 4.78 is 58.7. The van der Waals surface area contributed by atoms with Crippen LogP contribution >= 0.6 is 27.7 Å². The minimum atomic E-state index is -4.89. The fraction of sp³-hybridized carbons (Fsp3) is 0.286. The van der Waals surface area contributed by atoms with Gasteiger partial charge in [-0.3, -0.25) is 9.36 Å². The molecule has 0 unspecified atom stereocenters. The van der Waals surface area contributed by atoms with Gasteiger partial charge < -0.3 is 4.74 Å². The van der Waals surface area contributed by atoms with Crippen molar-refractivity contribution in [2.24, 2.45) is 7.05 Å². The molecule has 2 aromatic rings. The van der Waals surface area contributed by atoms with Gasteiger partial charge in [0.25, 0.3) is 5.56 Å². The predicted octanol–water partition coefficient (Wildman–Crippen LogP) is 3.15.